The number of aromatic nitrogens is 1. The Morgan fingerprint density at radius 1 is 1.39 bits per heavy atom. The Bertz CT molecular complexity index is 500. The molecule has 0 saturated heterocycles. The Balaban J connectivity index is 2.65. The van der Waals surface area contributed by atoms with E-state index in [0.29, 0.717) is 11.1 Å². The van der Waals surface area contributed by atoms with Crippen LogP contribution in [0.3, 0.4) is 0 Å². The van der Waals surface area contributed by atoms with E-state index in [9.17, 15) is 8.42 Å². The molecule has 0 spiro atoms. The van der Waals surface area contributed by atoms with Gasteiger partial charge < -0.3 is 4.74 Å². The molecule has 1 rings (SSSR count). The van der Waals surface area contributed by atoms with Gasteiger partial charge in [-0.2, -0.15) is 0 Å². The Morgan fingerprint density at radius 3 is 2.61 bits per heavy atom. The number of nitrogens with zero attached hydrogens (tertiary/aromatic N) is 1. The minimum Gasteiger partial charge on any atom is -0.491 e. The van der Waals surface area contributed by atoms with Crippen LogP contribution >= 0.6 is 15.9 Å². The molecule has 0 atom stereocenters. The number of hydrogen-bond donors (Lipinski definition) is 0. The van der Waals surface area contributed by atoms with Gasteiger partial charge in [0.2, 0.25) is 0 Å². The zero-order chi connectivity index (χ0) is 13.8. The highest BCUT2D eigenvalue weighted by Gasteiger charge is 2.16. The first kappa shape index (κ1) is 15.4. The number of aryl methyl sites for hydroxylation is 1. The highest BCUT2D eigenvalue weighted by atomic mass is 79.9. The quantitative estimate of drug-likeness (QED) is 0.749. The van der Waals surface area contributed by atoms with Gasteiger partial charge in [-0.05, 0) is 32.9 Å². The van der Waals surface area contributed by atoms with Crippen molar-refractivity contribution in [1.82, 2.24) is 4.98 Å². The molecule has 0 N–H and O–H groups in total. The summed E-state index contributed by atoms with van der Waals surface area (Å²) >= 11 is 3.34. The molecule has 4 nitrogen and oxygen atoms in total. The van der Waals surface area contributed by atoms with E-state index in [-0.39, 0.29) is 17.6 Å². The number of rotatable bonds is 6. The fourth-order valence-corrected chi connectivity index (χ4v) is 2.52. The normalized spacial score (nSPS) is 11.8. The number of halogens is 1. The highest BCUT2D eigenvalue weighted by Crippen LogP contribution is 2.19. The van der Waals surface area contributed by atoms with E-state index >= 15 is 0 Å². The number of pyridine rings is 1. The summed E-state index contributed by atoms with van der Waals surface area (Å²) in [5.41, 5.74) is 1.70. The monoisotopic (exact) mass is 335 g/mol. The topological polar surface area (TPSA) is 56.3 Å². The molecule has 0 aromatic carbocycles. The van der Waals surface area contributed by atoms with Crippen LogP contribution in [-0.2, 0) is 15.2 Å². The van der Waals surface area contributed by atoms with Gasteiger partial charge in [0.1, 0.15) is 12.4 Å². The number of ether oxygens (including phenoxy) is 1. The molecular weight excluding hydrogens is 318 g/mol. The average Bonchev–Trinajstić information content (AvgIpc) is 2.30. The molecule has 6 heteroatoms. The summed E-state index contributed by atoms with van der Waals surface area (Å²) in [6, 6.07) is 3.67. The van der Waals surface area contributed by atoms with E-state index < -0.39 is 9.84 Å². The lowest BCUT2D eigenvalue weighted by Gasteiger charge is -2.11. The molecule has 0 amide bonds. The Labute approximate surface area is 117 Å². The van der Waals surface area contributed by atoms with Crippen LogP contribution in [0.4, 0.5) is 0 Å². The van der Waals surface area contributed by atoms with Crippen molar-refractivity contribution in [2.45, 2.75) is 31.4 Å². The largest absolute Gasteiger partial charge is 0.491 e. The van der Waals surface area contributed by atoms with Gasteiger partial charge in [-0.1, -0.05) is 15.9 Å². The molecule has 0 aliphatic carbocycles. The maximum absolute atomic E-state index is 11.6. The van der Waals surface area contributed by atoms with Crippen LogP contribution in [0, 0.1) is 6.92 Å². The van der Waals surface area contributed by atoms with Crippen molar-refractivity contribution in [3.8, 4) is 5.75 Å². The van der Waals surface area contributed by atoms with E-state index in [0.717, 1.165) is 11.4 Å². The Kier molecular flexibility index (Phi) is 5.59. The van der Waals surface area contributed by atoms with Crippen LogP contribution in [0.15, 0.2) is 12.1 Å². The van der Waals surface area contributed by atoms with Crippen molar-refractivity contribution < 1.29 is 13.2 Å². The first-order valence-corrected chi connectivity index (χ1v) is 8.57. The van der Waals surface area contributed by atoms with Crippen molar-refractivity contribution in [2.24, 2.45) is 0 Å². The zero-order valence-electron chi connectivity index (χ0n) is 10.8. The van der Waals surface area contributed by atoms with Crippen molar-refractivity contribution in [2.75, 3.05) is 12.4 Å². The molecule has 0 unspecified atom stereocenters. The summed E-state index contributed by atoms with van der Waals surface area (Å²) in [4.78, 5) is 4.32. The lowest BCUT2D eigenvalue weighted by Crippen LogP contribution is -2.22. The molecule has 0 fully saturated rings. The van der Waals surface area contributed by atoms with Crippen LogP contribution < -0.4 is 4.74 Å². The number of hydrogen-bond acceptors (Lipinski definition) is 4. The minimum absolute atomic E-state index is 0.0280. The maximum atomic E-state index is 11.6. The second-order valence-corrected chi connectivity index (χ2v) is 7.53. The van der Waals surface area contributed by atoms with Gasteiger partial charge >= 0.3 is 0 Å². The molecule has 0 saturated carbocycles. The van der Waals surface area contributed by atoms with Gasteiger partial charge in [0.15, 0.2) is 9.84 Å². The minimum atomic E-state index is -3.05. The van der Waals surface area contributed by atoms with Gasteiger partial charge in [-0.15, -0.1) is 0 Å². The Hall–Kier alpha value is -0.620. The van der Waals surface area contributed by atoms with Crippen LogP contribution in [0.2, 0.25) is 0 Å². The van der Waals surface area contributed by atoms with E-state index in [1.807, 2.05) is 19.1 Å². The fourth-order valence-electron chi connectivity index (χ4n) is 1.33. The van der Waals surface area contributed by atoms with Crippen LogP contribution in [0.25, 0.3) is 0 Å². The second-order valence-electron chi connectivity index (χ2n) is 4.30. The molecule has 18 heavy (non-hydrogen) atoms. The van der Waals surface area contributed by atoms with Gasteiger partial charge in [-0.25, -0.2) is 8.42 Å². The first-order valence-electron chi connectivity index (χ1n) is 5.73. The van der Waals surface area contributed by atoms with Crippen LogP contribution in [-0.4, -0.2) is 31.0 Å². The van der Waals surface area contributed by atoms with Gasteiger partial charge in [0, 0.05) is 11.0 Å². The molecule has 0 radical (unpaired) electrons. The predicted octanol–water partition coefficient (Wildman–Crippen LogP) is 2.49. The third kappa shape index (κ3) is 4.24. The van der Waals surface area contributed by atoms with E-state index in [1.165, 1.54) is 0 Å². The standard InChI is InChI=1S/C12H18BrNO3S/c1-9(2)18(15,16)7-6-17-12-5-4-10(3)14-11(12)8-13/h4-5,9H,6-8H2,1-3H3. The molecule has 1 heterocycles. The van der Waals surface area contributed by atoms with E-state index in [1.54, 1.807) is 13.8 Å². The maximum Gasteiger partial charge on any atom is 0.155 e. The smallest absolute Gasteiger partial charge is 0.155 e. The summed E-state index contributed by atoms with van der Waals surface area (Å²) in [5, 5.41) is 0.217. The molecule has 0 aliphatic heterocycles. The van der Waals surface area contributed by atoms with Crippen molar-refractivity contribution in [1.29, 1.82) is 0 Å². The van der Waals surface area contributed by atoms with Gasteiger partial charge in [0.05, 0.1) is 16.7 Å². The van der Waals surface area contributed by atoms with Gasteiger partial charge in [-0.3, -0.25) is 4.98 Å². The van der Waals surface area contributed by atoms with Crippen molar-refractivity contribution in [3.05, 3.63) is 23.5 Å². The lowest BCUT2D eigenvalue weighted by atomic mass is 10.3. The first-order chi connectivity index (χ1) is 8.36. The summed E-state index contributed by atoms with van der Waals surface area (Å²) in [6.45, 7) is 5.41. The third-order valence-corrected chi connectivity index (χ3v) is 5.25. The summed E-state index contributed by atoms with van der Waals surface area (Å²) in [5.74, 6) is 0.664. The number of alkyl halides is 1. The van der Waals surface area contributed by atoms with E-state index in [4.69, 9.17) is 4.74 Å². The molecule has 102 valence electrons. The lowest BCUT2D eigenvalue weighted by molar-refractivity contribution is 0.336. The average molecular weight is 336 g/mol. The molecular formula is C12H18BrNO3S. The summed E-state index contributed by atoms with van der Waals surface area (Å²) in [6.07, 6.45) is 0. The Morgan fingerprint density at radius 2 is 2.06 bits per heavy atom. The van der Waals surface area contributed by atoms with Crippen LogP contribution in [0.5, 0.6) is 5.75 Å². The number of sulfone groups is 1. The predicted molar refractivity (Wildman–Crippen MR) is 76.0 cm³/mol. The van der Waals surface area contributed by atoms with Crippen LogP contribution in [0.1, 0.15) is 25.2 Å². The third-order valence-electron chi connectivity index (χ3n) is 2.54. The molecule has 1 aromatic heterocycles. The summed E-state index contributed by atoms with van der Waals surface area (Å²) in [7, 11) is -3.05. The summed E-state index contributed by atoms with van der Waals surface area (Å²) < 4.78 is 28.7. The fraction of sp³-hybridized carbons (Fsp3) is 0.583. The zero-order valence-corrected chi connectivity index (χ0v) is 13.2. The highest BCUT2D eigenvalue weighted by molar-refractivity contribution is 9.08. The van der Waals surface area contributed by atoms with Crippen molar-refractivity contribution in [3.63, 3.8) is 0 Å². The molecule has 0 aliphatic rings. The molecule has 0 bridgehead atoms. The van der Waals surface area contributed by atoms with Crippen molar-refractivity contribution >= 4 is 25.8 Å². The van der Waals surface area contributed by atoms with E-state index in [2.05, 4.69) is 20.9 Å². The second kappa shape index (κ2) is 6.52. The molecule has 1 aromatic rings. The van der Waals surface area contributed by atoms with Gasteiger partial charge in [0.25, 0.3) is 0 Å². The SMILES string of the molecule is Cc1ccc(OCCS(=O)(=O)C(C)C)c(CBr)n1.